The Morgan fingerprint density at radius 2 is 2.13 bits per heavy atom. The molecule has 3 nitrogen and oxygen atoms in total. The maximum Gasteiger partial charge on any atom is 0.126 e. The van der Waals surface area contributed by atoms with E-state index in [0.29, 0.717) is 6.61 Å². The van der Waals surface area contributed by atoms with Crippen LogP contribution < -0.4 is 10.5 Å². The van der Waals surface area contributed by atoms with E-state index < -0.39 is 0 Å². The van der Waals surface area contributed by atoms with E-state index in [-0.39, 0.29) is 6.10 Å². The first-order valence-electron chi connectivity index (χ1n) is 5.22. The monoisotopic (exact) mass is 209 g/mol. The van der Waals surface area contributed by atoms with Gasteiger partial charge in [-0.3, -0.25) is 0 Å². The number of anilines is 1. The number of benzene rings is 1. The van der Waals surface area contributed by atoms with Gasteiger partial charge in [0.25, 0.3) is 0 Å². The number of rotatable bonds is 5. The summed E-state index contributed by atoms with van der Waals surface area (Å²) in [6.45, 7) is 4.65. The highest BCUT2D eigenvalue weighted by atomic mass is 16.5. The molecule has 0 aliphatic heterocycles. The Labute approximate surface area is 91.2 Å². The van der Waals surface area contributed by atoms with Gasteiger partial charge < -0.3 is 15.2 Å². The van der Waals surface area contributed by atoms with Crippen molar-refractivity contribution < 1.29 is 9.47 Å². The summed E-state index contributed by atoms with van der Waals surface area (Å²) in [6.07, 6.45) is 1.24. The van der Waals surface area contributed by atoms with Crippen molar-refractivity contribution in [2.75, 3.05) is 12.8 Å². The summed E-state index contributed by atoms with van der Waals surface area (Å²) >= 11 is 0. The van der Waals surface area contributed by atoms with E-state index in [9.17, 15) is 0 Å². The van der Waals surface area contributed by atoms with E-state index in [0.717, 1.165) is 23.4 Å². The third-order valence-corrected chi connectivity index (χ3v) is 2.48. The Bertz CT molecular complexity index is 312. The summed E-state index contributed by atoms with van der Waals surface area (Å²) in [5.41, 5.74) is 7.52. The van der Waals surface area contributed by atoms with Crippen LogP contribution in [-0.4, -0.2) is 13.2 Å². The molecule has 0 spiro atoms. The molecule has 15 heavy (non-hydrogen) atoms. The smallest absolute Gasteiger partial charge is 0.126 e. The zero-order chi connectivity index (χ0) is 11.3. The highest BCUT2D eigenvalue weighted by Gasteiger charge is 2.08. The van der Waals surface area contributed by atoms with Crippen LogP contribution in [0.3, 0.4) is 0 Å². The lowest BCUT2D eigenvalue weighted by Gasteiger charge is -2.14. The molecule has 0 saturated heterocycles. The second-order valence-corrected chi connectivity index (χ2v) is 3.56. The summed E-state index contributed by atoms with van der Waals surface area (Å²) < 4.78 is 10.9. The minimum absolute atomic E-state index is 0.245. The molecular formula is C12H19NO2. The Morgan fingerprint density at radius 3 is 2.73 bits per heavy atom. The van der Waals surface area contributed by atoms with Crippen molar-refractivity contribution >= 4 is 5.69 Å². The van der Waals surface area contributed by atoms with Gasteiger partial charge in [-0.25, -0.2) is 0 Å². The van der Waals surface area contributed by atoms with Gasteiger partial charge in [-0.15, -0.1) is 0 Å². The van der Waals surface area contributed by atoms with Gasteiger partial charge in [0.05, 0.1) is 19.8 Å². The van der Waals surface area contributed by atoms with Crippen LogP contribution in [0.5, 0.6) is 5.75 Å². The van der Waals surface area contributed by atoms with E-state index in [1.54, 1.807) is 7.11 Å². The topological polar surface area (TPSA) is 44.5 Å². The summed E-state index contributed by atoms with van der Waals surface area (Å²) in [5.74, 6) is 0.790. The SMILES string of the molecule is CC[C@@H](C)OCc1c(N)cccc1OC. The molecule has 1 aromatic rings. The highest BCUT2D eigenvalue weighted by Crippen LogP contribution is 2.25. The molecule has 0 bridgehead atoms. The Hall–Kier alpha value is -1.22. The Kier molecular flexibility index (Phi) is 4.43. The van der Waals surface area contributed by atoms with Gasteiger partial charge in [0.15, 0.2) is 0 Å². The molecule has 1 atom stereocenters. The molecule has 0 aliphatic rings. The lowest BCUT2D eigenvalue weighted by Crippen LogP contribution is -2.08. The van der Waals surface area contributed by atoms with Crippen LogP contribution in [-0.2, 0) is 11.3 Å². The van der Waals surface area contributed by atoms with Crippen molar-refractivity contribution in [3.8, 4) is 5.75 Å². The lowest BCUT2D eigenvalue weighted by atomic mass is 10.1. The predicted octanol–water partition coefficient (Wildman–Crippen LogP) is 2.59. The van der Waals surface area contributed by atoms with E-state index in [2.05, 4.69) is 6.92 Å². The van der Waals surface area contributed by atoms with Crippen LogP contribution in [0.15, 0.2) is 18.2 Å². The van der Waals surface area contributed by atoms with E-state index >= 15 is 0 Å². The lowest BCUT2D eigenvalue weighted by molar-refractivity contribution is 0.0501. The Balaban J connectivity index is 2.74. The molecule has 1 aromatic carbocycles. The van der Waals surface area contributed by atoms with Gasteiger partial charge in [0, 0.05) is 11.3 Å². The summed E-state index contributed by atoms with van der Waals surface area (Å²) in [4.78, 5) is 0. The molecule has 2 N–H and O–H groups in total. The van der Waals surface area contributed by atoms with Crippen molar-refractivity contribution in [3.63, 3.8) is 0 Å². The average Bonchev–Trinajstić information content (AvgIpc) is 2.26. The largest absolute Gasteiger partial charge is 0.496 e. The molecule has 0 amide bonds. The third-order valence-electron chi connectivity index (χ3n) is 2.48. The van der Waals surface area contributed by atoms with Gasteiger partial charge in [-0.1, -0.05) is 13.0 Å². The van der Waals surface area contributed by atoms with Crippen LogP contribution in [0.4, 0.5) is 5.69 Å². The van der Waals surface area contributed by atoms with Crippen LogP contribution in [0.1, 0.15) is 25.8 Å². The molecule has 0 saturated carbocycles. The predicted molar refractivity (Wildman–Crippen MR) is 61.9 cm³/mol. The fourth-order valence-corrected chi connectivity index (χ4v) is 1.27. The molecule has 3 heteroatoms. The van der Waals surface area contributed by atoms with Gasteiger partial charge in [-0.05, 0) is 25.5 Å². The number of methoxy groups -OCH3 is 1. The summed E-state index contributed by atoms with van der Waals surface area (Å²) in [7, 11) is 1.64. The van der Waals surface area contributed by atoms with Crippen molar-refractivity contribution in [2.45, 2.75) is 33.0 Å². The third kappa shape index (κ3) is 3.13. The van der Waals surface area contributed by atoms with Crippen molar-refractivity contribution in [2.24, 2.45) is 0 Å². The molecule has 0 fully saturated rings. The summed E-state index contributed by atoms with van der Waals surface area (Å²) in [6, 6.07) is 5.63. The normalized spacial score (nSPS) is 12.5. The fourth-order valence-electron chi connectivity index (χ4n) is 1.27. The number of nitrogen functional groups attached to an aromatic ring is 1. The molecule has 1 rings (SSSR count). The number of nitrogens with two attached hydrogens (primary N) is 1. The molecule has 0 unspecified atom stereocenters. The van der Waals surface area contributed by atoms with Crippen LogP contribution in [0.25, 0.3) is 0 Å². The zero-order valence-corrected chi connectivity index (χ0v) is 9.62. The zero-order valence-electron chi connectivity index (χ0n) is 9.62. The molecule has 0 aliphatic carbocycles. The van der Waals surface area contributed by atoms with Crippen LogP contribution in [0, 0.1) is 0 Å². The average molecular weight is 209 g/mol. The van der Waals surface area contributed by atoms with Gasteiger partial charge in [-0.2, -0.15) is 0 Å². The van der Waals surface area contributed by atoms with E-state index in [4.69, 9.17) is 15.2 Å². The number of ether oxygens (including phenoxy) is 2. The van der Waals surface area contributed by atoms with E-state index in [1.165, 1.54) is 0 Å². The standard InChI is InChI=1S/C12H19NO2/c1-4-9(2)15-8-10-11(13)6-5-7-12(10)14-3/h5-7,9H,4,8,13H2,1-3H3/t9-/m1/s1. The molecule has 0 heterocycles. The van der Waals surface area contributed by atoms with E-state index in [1.807, 2.05) is 25.1 Å². The number of hydrogen-bond donors (Lipinski definition) is 1. The van der Waals surface area contributed by atoms with Crippen molar-refractivity contribution in [1.29, 1.82) is 0 Å². The molecule has 84 valence electrons. The minimum Gasteiger partial charge on any atom is -0.496 e. The molecule has 0 radical (unpaired) electrons. The van der Waals surface area contributed by atoms with Crippen molar-refractivity contribution in [1.82, 2.24) is 0 Å². The second kappa shape index (κ2) is 5.61. The molecular weight excluding hydrogens is 190 g/mol. The first-order chi connectivity index (χ1) is 7.19. The fraction of sp³-hybridized carbons (Fsp3) is 0.500. The molecule has 0 aromatic heterocycles. The first-order valence-corrected chi connectivity index (χ1v) is 5.22. The van der Waals surface area contributed by atoms with Gasteiger partial charge >= 0.3 is 0 Å². The minimum atomic E-state index is 0.245. The maximum absolute atomic E-state index is 5.86. The first kappa shape index (κ1) is 11.9. The summed E-state index contributed by atoms with van der Waals surface area (Å²) in [5, 5.41) is 0. The number of hydrogen-bond acceptors (Lipinski definition) is 3. The van der Waals surface area contributed by atoms with Gasteiger partial charge in [0.1, 0.15) is 5.75 Å². The van der Waals surface area contributed by atoms with Crippen LogP contribution >= 0.6 is 0 Å². The quantitative estimate of drug-likeness (QED) is 0.758. The Morgan fingerprint density at radius 1 is 1.40 bits per heavy atom. The highest BCUT2D eigenvalue weighted by molar-refractivity contribution is 5.53. The maximum atomic E-state index is 5.86. The van der Waals surface area contributed by atoms with Crippen LogP contribution in [0.2, 0.25) is 0 Å². The second-order valence-electron chi connectivity index (χ2n) is 3.56. The van der Waals surface area contributed by atoms with Crippen molar-refractivity contribution in [3.05, 3.63) is 23.8 Å². The van der Waals surface area contributed by atoms with Gasteiger partial charge in [0.2, 0.25) is 0 Å².